The molecule has 3 rings (SSSR count). The van der Waals surface area contributed by atoms with E-state index in [-0.39, 0.29) is 17.2 Å². The Bertz CT molecular complexity index is 902. The van der Waals surface area contributed by atoms with Crippen LogP contribution in [0.25, 0.3) is 0 Å². The molecule has 1 saturated heterocycles. The lowest BCUT2D eigenvalue weighted by molar-refractivity contribution is -0.121. The zero-order valence-corrected chi connectivity index (χ0v) is 16.6. The van der Waals surface area contributed by atoms with Crippen molar-refractivity contribution < 1.29 is 14.0 Å². The molecule has 0 aromatic heterocycles. The van der Waals surface area contributed by atoms with Crippen LogP contribution in [-0.2, 0) is 9.59 Å². The molecule has 0 spiro atoms. The third kappa shape index (κ3) is 4.78. The summed E-state index contributed by atoms with van der Waals surface area (Å²) in [7, 11) is 0. The van der Waals surface area contributed by atoms with Crippen molar-refractivity contribution >= 4 is 39.3 Å². The number of carbonyl (C=O) groups excluding carboxylic acids is 2. The van der Waals surface area contributed by atoms with Gasteiger partial charge in [-0.2, -0.15) is 0 Å². The van der Waals surface area contributed by atoms with Crippen LogP contribution in [0.2, 0.25) is 0 Å². The van der Waals surface area contributed by atoms with E-state index in [4.69, 9.17) is 0 Å². The summed E-state index contributed by atoms with van der Waals surface area (Å²) in [4.78, 5) is 31.4. The summed E-state index contributed by atoms with van der Waals surface area (Å²) >= 11 is 1.05. The number of amidine groups is 1. The highest BCUT2D eigenvalue weighted by molar-refractivity contribution is 8.26. The highest BCUT2D eigenvalue weighted by Crippen LogP contribution is 2.30. The molecule has 1 fully saturated rings. The van der Waals surface area contributed by atoms with Crippen LogP contribution in [0, 0.1) is 12.7 Å². The fourth-order valence-electron chi connectivity index (χ4n) is 2.96. The van der Waals surface area contributed by atoms with Crippen molar-refractivity contribution in [2.45, 2.75) is 32.7 Å². The van der Waals surface area contributed by atoms with E-state index in [1.165, 1.54) is 12.1 Å². The Morgan fingerprint density at radius 2 is 2.00 bits per heavy atom. The van der Waals surface area contributed by atoms with Crippen molar-refractivity contribution in [2.24, 2.45) is 4.99 Å². The van der Waals surface area contributed by atoms with E-state index in [9.17, 15) is 14.0 Å². The predicted molar refractivity (Wildman–Crippen MR) is 111 cm³/mol. The summed E-state index contributed by atoms with van der Waals surface area (Å²) in [6, 6.07) is 13.4. The number of rotatable bonds is 6. The van der Waals surface area contributed by atoms with Crippen LogP contribution in [0.1, 0.15) is 25.3 Å². The Labute approximate surface area is 168 Å². The number of amides is 1. The monoisotopic (exact) mass is 399 g/mol. The van der Waals surface area contributed by atoms with Gasteiger partial charge in [0, 0.05) is 6.54 Å². The number of hydrogen-bond donors (Lipinski definition) is 1. The molecule has 146 valence electrons. The number of anilines is 1. The Morgan fingerprint density at radius 1 is 1.25 bits per heavy atom. The number of nitrogens with zero attached hydrogens (tertiary/aromatic N) is 2. The first-order valence-electron chi connectivity index (χ1n) is 9.16. The van der Waals surface area contributed by atoms with Gasteiger partial charge in [0.05, 0.1) is 17.8 Å². The van der Waals surface area contributed by atoms with E-state index in [0.717, 1.165) is 29.4 Å². The lowest BCUT2D eigenvalue weighted by atomic mass is 10.1. The zero-order chi connectivity index (χ0) is 20.1. The van der Waals surface area contributed by atoms with E-state index in [1.807, 2.05) is 42.2 Å². The van der Waals surface area contributed by atoms with Gasteiger partial charge < -0.3 is 10.2 Å². The largest absolute Gasteiger partial charge is 0.339 e. The number of thioether (sulfide) groups is 1. The predicted octanol–water partition coefficient (Wildman–Crippen LogP) is 4.50. The van der Waals surface area contributed by atoms with Gasteiger partial charge in [-0.25, -0.2) is 9.38 Å². The Balaban J connectivity index is 1.75. The summed E-state index contributed by atoms with van der Waals surface area (Å²) in [6.45, 7) is 4.40. The SMILES string of the molecule is CCCN1C(=Nc2ccccc2)SC(=O)C1CC(=O)Nc1ccc(C)cc1F. The summed E-state index contributed by atoms with van der Waals surface area (Å²) in [5, 5.41) is 3.04. The molecule has 1 aliphatic heterocycles. The number of para-hydroxylation sites is 1. The summed E-state index contributed by atoms with van der Waals surface area (Å²) < 4.78 is 14.0. The van der Waals surface area contributed by atoms with Crippen LogP contribution in [-0.4, -0.2) is 33.7 Å². The summed E-state index contributed by atoms with van der Waals surface area (Å²) in [6.07, 6.45) is 0.763. The van der Waals surface area contributed by atoms with E-state index in [2.05, 4.69) is 10.3 Å². The summed E-state index contributed by atoms with van der Waals surface area (Å²) in [5.74, 6) is -0.888. The maximum atomic E-state index is 14.0. The number of nitrogens with one attached hydrogen (secondary N) is 1. The van der Waals surface area contributed by atoms with Crippen molar-refractivity contribution in [3.05, 3.63) is 59.9 Å². The molecular formula is C21H22FN3O2S. The molecule has 1 amide bonds. The molecule has 1 unspecified atom stereocenters. The second kappa shape index (κ2) is 9.01. The van der Waals surface area contributed by atoms with E-state index in [1.54, 1.807) is 13.0 Å². The van der Waals surface area contributed by atoms with Crippen molar-refractivity contribution in [3.63, 3.8) is 0 Å². The smallest absolute Gasteiger partial charge is 0.227 e. The Hall–Kier alpha value is -2.67. The van der Waals surface area contributed by atoms with Crippen molar-refractivity contribution in [2.75, 3.05) is 11.9 Å². The summed E-state index contributed by atoms with van der Waals surface area (Å²) in [5.41, 5.74) is 1.65. The Kier molecular flexibility index (Phi) is 6.46. The molecule has 7 heteroatoms. The van der Waals surface area contributed by atoms with Crippen molar-refractivity contribution in [1.82, 2.24) is 4.90 Å². The van der Waals surface area contributed by atoms with Crippen LogP contribution in [0.15, 0.2) is 53.5 Å². The van der Waals surface area contributed by atoms with Crippen LogP contribution < -0.4 is 5.32 Å². The first kappa shape index (κ1) is 20.1. The molecule has 1 N–H and O–H groups in total. The highest BCUT2D eigenvalue weighted by atomic mass is 32.2. The maximum Gasteiger partial charge on any atom is 0.227 e. The van der Waals surface area contributed by atoms with Crippen molar-refractivity contribution in [3.8, 4) is 0 Å². The third-order valence-electron chi connectivity index (χ3n) is 4.31. The lowest BCUT2D eigenvalue weighted by Crippen LogP contribution is -2.38. The molecule has 0 radical (unpaired) electrons. The molecule has 28 heavy (non-hydrogen) atoms. The van der Waals surface area contributed by atoms with E-state index < -0.39 is 17.8 Å². The minimum absolute atomic E-state index is 0.0487. The first-order chi connectivity index (χ1) is 13.5. The fraction of sp³-hybridized carbons (Fsp3) is 0.286. The number of carbonyl (C=O) groups is 2. The van der Waals surface area contributed by atoms with Gasteiger partial charge in [-0.05, 0) is 54.9 Å². The van der Waals surface area contributed by atoms with Crippen LogP contribution in [0.3, 0.4) is 0 Å². The minimum atomic E-state index is -0.610. The maximum absolute atomic E-state index is 14.0. The van der Waals surface area contributed by atoms with Crippen LogP contribution in [0.4, 0.5) is 15.8 Å². The normalized spacial score (nSPS) is 18.0. The van der Waals surface area contributed by atoms with Crippen LogP contribution >= 0.6 is 11.8 Å². The molecule has 1 heterocycles. The standard InChI is InChI=1S/C21H22FN3O2S/c1-3-11-25-18(13-19(26)24-17-10-9-14(2)12-16(17)22)20(27)28-21(25)23-15-7-5-4-6-8-15/h4-10,12,18H,3,11,13H2,1-2H3,(H,24,26). The molecular weight excluding hydrogens is 377 g/mol. The van der Waals surface area contributed by atoms with E-state index in [0.29, 0.717) is 11.7 Å². The van der Waals surface area contributed by atoms with Crippen molar-refractivity contribution in [1.29, 1.82) is 0 Å². The molecule has 0 bridgehead atoms. The third-order valence-corrected chi connectivity index (χ3v) is 5.29. The quantitative estimate of drug-likeness (QED) is 0.777. The topological polar surface area (TPSA) is 61.8 Å². The van der Waals surface area contributed by atoms with Gasteiger partial charge in [-0.15, -0.1) is 0 Å². The van der Waals surface area contributed by atoms with Crippen LogP contribution in [0.5, 0.6) is 0 Å². The average Bonchev–Trinajstić information content (AvgIpc) is 2.94. The number of halogens is 1. The van der Waals surface area contributed by atoms with E-state index >= 15 is 0 Å². The minimum Gasteiger partial charge on any atom is -0.339 e. The molecule has 0 saturated carbocycles. The second-order valence-electron chi connectivity index (χ2n) is 6.60. The molecule has 1 atom stereocenters. The average molecular weight is 399 g/mol. The molecule has 0 aliphatic carbocycles. The van der Waals surface area contributed by atoms with Gasteiger partial charge in [0.15, 0.2) is 5.17 Å². The van der Waals surface area contributed by atoms with Gasteiger partial charge >= 0.3 is 0 Å². The van der Waals surface area contributed by atoms with Gasteiger partial charge in [-0.3, -0.25) is 9.59 Å². The molecule has 2 aromatic carbocycles. The van der Waals surface area contributed by atoms with Gasteiger partial charge in [0.25, 0.3) is 0 Å². The lowest BCUT2D eigenvalue weighted by Gasteiger charge is -2.23. The number of benzene rings is 2. The fourth-order valence-corrected chi connectivity index (χ4v) is 3.97. The first-order valence-corrected chi connectivity index (χ1v) is 9.97. The number of hydrogen-bond acceptors (Lipinski definition) is 4. The Morgan fingerprint density at radius 3 is 2.68 bits per heavy atom. The van der Waals surface area contributed by atoms with Gasteiger partial charge in [0.2, 0.25) is 11.0 Å². The molecule has 5 nitrogen and oxygen atoms in total. The number of aliphatic imine (C=N–C) groups is 1. The zero-order valence-electron chi connectivity index (χ0n) is 15.8. The van der Waals surface area contributed by atoms with Gasteiger partial charge in [-0.1, -0.05) is 31.2 Å². The molecule has 1 aliphatic rings. The highest BCUT2D eigenvalue weighted by Gasteiger charge is 2.39. The second-order valence-corrected chi connectivity index (χ2v) is 7.57. The van der Waals surface area contributed by atoms with Gasteiger partial charge in [0.1, 0.15) is 11.9 Å². The number of aryl methyl sites for hydroxylation is 1. The molecule has 2 aromatic rings.